The maximum Gasteiger partial charge on any atom is 0.321 e. The van der Waals surface area contributed by atoms with E-state index in [0.717, 1.165) is 11.6 Å². The molecule has 0 aliphatic carbocycles. The number of hydrogen-bond acceptors (Lipinski definition) is 4. The predicted molar refractivity (Wildman–Crippen MR) is 105 cm³/mol. The molecule has 3 aromatic rings. The number of aromatic nitrogens is 3. The molecular formula is C20H21FN6O. The fourth-order valence-electron chi connectivity index (χ4n) is 3.19. The van der Waals surface area contributed by atoms with Crippen molar-refractivity contribution in [2.45, 2.75) is 6.92 Å². The lowest BCUT2D eigenvalue weighted by molar-refractivity contribution is 0.208. The molecule has 1 N–H and O–H groups in total. The van der Waals surface area contributed by atoms with Crippen molar-refractivity contribution in [3.8, 4) is 5.82 Å². The number of hydrogen-bond donors (Lipinski definition) is 1. The van der Waals surface area contributed by atoms with Crippen LogP contribution in [0.4, 0.5) is 20.7 Å². The summed E-state index contributed by atoms with van der Waals surface area (Å²) in [5.74, 6) is 1.22. The van der Waals surface area contributed by atoms with E-state index in [2.05, 4.69) is 20.4 Å². The van der Waals surface area contributed by atoms with E-state index in [1.807, 2.05) is 41.2 Å². The highest BCUT2D eigenvalue weighted by Gasteiger charge is 2.22. The first-order valence-electron chi connectivity index (χ1n) is 9.15. The molecule has 4 rings (SSSR count). The topological polar surface area (TPSA) is 66.3 Å². The van der Waals surface area contributed by atoms with Crippen molar-refractivity contribution in [3.63, 3.8) is 0 Å². The van der Waals surface area contributed by atoms with Crippen molar-refractivity contribution in [2.75, 3.05) is 36.4 Å². The summed E-state index contributed by atoms with van der Waals surface area (Å²) in [6.45, 7) is 4.08. The van der Waals surface area contributed by atoms with Gasteiger partial charge in [0.25, 0.3) is 0 Å². The molecule has 0 spiro atoms. The lowest BCUT2D eigenvalue weighted by atomic mass is 10.2. The first-order valence-corrected chi connectivity index (χ1v) is 9.15. The second kappa shape index (κ2) is 7.67. The second-order valence-electron chi connectivity index (χ2n) is 6.66. The van der Waals surface area contributed by atoms with Gasteiger partial charge in [-0.3, -0.25) is 0 Å². The van der Waals surface area contributed by atoms with Gasteiger partial charge in [0.1, 0.15) is 5.82 Å². The van der Waals surface area contributed by atoms with Crippen molar-refractivity contribution in [3.05, 3.63) is 66.2 Å². The summed E-state index contributed by atoms with van der Waals surface area (Å²) in [5, 5.41) is 11.4. The summed E-state index contributed by atoms with van der Waals surface area (Å²) in [6.07, 6.45) is 3.84. The van der Waals surface area contributed by atoms with Crippen LogP contribution in [0.5, 0.6) is 0 Å². The second-order valence-corrected chi connectivity index (χ2v) is 6.66. The molecule has 1 aliphatic heterocycles. The molecule has 3 heterocycles. The molecule has 28 heavy (non-hydrogen) atoms. The SMILES string of the molecule is Cc1c(F)cccc1NC(=O)N1CCN(c2ccc(-n3cccc3)nn2)CC1. The molecule has 2 amide bonds. The van der Waals surface area contributed by atoms with Crippen LogP contribution in [0.2, 0.25) is 0 Å². The van der Waals surface area contributed by atoms with Gasteiger partial charge >= 0.3 is 6.03 Å². The van der Waals surface area contributed by atoms with E-state index in [1.165, 1.54) is 6.07 Å². The minimum absolute atomic E-state index is 0.220. The first-order chi connectivity index (χ1) is 13.6. The van der Waals surface area contributed by atoms with Crippen LogP contribution in [0, 0.1) is 12.7 Å². The van der Waals surface area contributed by atoms with Crippen molar-refractivity contribution in [1.29, 1.82) is 0 Å². The number of anilines is 2. The maximum atomic E-state index is 13.6. The Morgan fingerprint density at radius 3 is 2.32 bits per heavy atom. The van der Waals surface area contributed by atoms with Crippen LogP contribution in [0.25, 0.3) is 5.82 Å². The van der Waals surface area contributed by atoms with E-state index in [4.69, 9.17) is 0 Å². The molecule has 0 unspecified atom stereocenters. The van der Waals surface area contributed by atoms with Gasteiger partial charge in [0.2, 0.25) is 0 Å². The van der Waals surface area contributed by atoms with Crippen LogP contribution in [0.1, 0.15) is 5.56 Å². The zero-order valence-corrected chi connectivity index (χ0v) is 15.5. The van der Waals surface area contributed by atoms with E-state index in [1.54, 1.807) is 24.0 Å². The van der Waals surface area contributed by atoms with Gasteiger partial charge in [-0.15, -0.1) is 10.2 Å². The molecular weight excluding hydrogens is 359 g/mol. The average molecular weight is 380 g/mol. The quantitative estimate of drug-likeness (QED) is 0.758. The Morgan fingerprint density at radius 2 is 1.64 bits per heavy atom. The Balaban J connectivity index is 1.35. The summed E-state index contributed by atoms with van der Waals surface area (Å²) >= 11 is 0. The molecule has 1 fully saturated rings. The molecule has 1 saturated heterocycles. The Bertz CT molecular complexity index is 949. The number of benzene rings is 1. The van der Waals surface area contributed by atoms with Crippen molar-refractivity contribution in [2.24, 2.45) is 0 Å². The molecule has 7 nitrogen and oxygen atoms in total. The fraction of sp³-hybridized carbons (Fsp3) is 0.250. The van der Waals surface area contributed by atoms with E-state index in [-0.39, 0.29) is 11.8 Å². The third-order valence-corrected chi connectivity index (χ3v) is 4.91. The van der Waals surface area contributed by atoms with Crippen LogP contribution in [0.3, 0.4) is 0 Å². The Hall–Kier alpha value is -3.42. The van der Waals surface area contributed by atoms with Gasteiger partial charge in [-0.05, 0) is 43.3 Å². The van der Waals surface area contributed by atoms with Crippen LogP contribution in [-0.2, 0) is 0 Å². The molecule has 0 bridgehead atoms. The highest BCUT2D eigenvalue weighted by atomic mass is 19.1. The highest BCUT2D eigenvalue weighted by Crippen LogP contribution is 2.19. The first kappa shape index (κ1) is 18.0. The number of carbonyl (C=O) groups excluding carboxylic acids is 1. The van der Waals surface area contributed by atoms with E-state index < -0.39 is 0 Å². The largest absolute Gasteiger partial charge is 0.352 e. The third kappa shape index (κ3) is 3.66. The number of nitrogens with zero attached hydrogens (tertiary/aromatic N) is 5. The van der Waals surface area contributed by atoms with E-state index >= 15 is 0 Å². The number of halogens is 1. The lowest BCUT2D eigenvalue weighted by Crippen LogP contribution is -2.50. The lowest BCUT2D eigenvalue weighted by Gasteiger charge is -2.35. The van der Waals surface area contributed by atoms with Gasteiger partial charge in [0.15, 0.2) is 11.6 Å². The standard InChI is InChI=1S/C20H21FN6O/c1-15-16(21)5-4-6-17(15)22-20(28)27-13-11-26(12-14-27)19-8-7-18(23-24-19)25-9-2-3-10-25/h2-10H,11-14H2,1H3,(H,22,28). The molecule has 0 radical (unpaired) electrons. The van der Waals surface area contributed by atoms with Crippen molar-refractivity contribution >= 4 is 17.5 Å². The molecule has 1 aromatic carbocycles. The summed E-state index contributed by atoms with van der Waals surface area (Å²) in [4.78, 5) is 16.3. The van der Waals surface area contributed by atoms with Crippen LogP contribution in [0.15, 0.2) is 54.9 Å². The number of urea groups is 1. The molecule has 2 aromatic heterocycles. The van der Waals surface area contributed by atoms with Gasteiger partial charge in [0.05, 0.1) is 0 Å². The van der Waals surface area contributed by atoms with E-state index in [9.17, 15) is 9.18 Å². The average Bonchev–Trinajstić information content (AvgIpc) is 3.26. The number of nitrogens with one attached hydrogen (secondary N) is 1. The summed E-state index contributed by atoms with van der Waals surface area (Å²) in [5.41, 5.74) is 0.937. The van der Waals surface area contributed by atoms with Gasteiger partial charge in [-0.1, -0.05) is 6.07 Å². The maximum absolute atomic E-state index is 13.6. The number of carbonyl (C=O) groups is 1. The highest BCUT2D eigenvalue weighted by molar-refractivity contribution is 5.90. The Labute approximate surface area is 162 Å². The van der Waals surface area contributed by atoms with Crippen molar-refractivity contribution in [1.82, 2.24) is 19.7 Å². The molecule has 0 atom stereocenters. The van der Waals surface area contributed by atoms with Gasteiger partial charge in [-0.25, -0.2) is 9.18 Å². The Kier molecular flexibility index (Phi) is 4.92. The number of piperazine rings is 1. The third-order valence-electron chi connectivity index (χ3n) is 4.91. The van der Waals surface area contributed by atoms with Gasteiger partial charge < -0.3 is 19.7 Å². The summed E-state index contributed by atoms with van der Waals surface area (Å²) in [7, 11) is 0. The minimum atomic E-state index is -0.329. The number of rotatable bonds is 3. The summed E-state index contributed by atoms with van der Waals surface area (Å²) < 4.78 is 15.5. The van der Waals surface area contributed by atoms with E-state index in [0.29, 0.717) is 37.4 Å². The summed E-state index contributed by atoms with van der Waals surface area (Å²) in [6, 6.07) is 12.2. The smallest absolute Gasteiger partial charge is 0.321 e. The van der Waals surface area contributed by atoms with Crippen molar-refractivity contribution < 1.29 is 9.18 Å². The van der Waals surface area contributed by atoms with Crippen LogP contribution >= 0.6 is 0 Å². The molecule has 1 aliphatic rings. The monoisotopic (exact) mass is 380 g/mol. The Morgan fingerprint density at radius 1 is 0.964 bits per heavy atom. The zero-order chi connectivity index (χ0) is 19.5. The number of amides is 2. The molecule has 0 saturated carbocycles. The zero-order valence-electron chi connectivity index (χ0n) is 15.5. The minimum Gasteiger partial charge on any atom is -0.352 e. The molecule has 144 valence electrons. The van der Waals surface area contributed by atoms with Crippen LogP contribution < -0.4 is 10.2 Å². The molecule has 8 heteroatoms. The predicted octanol–water partition coefficient (Wildman–Crippen LogP) is 3.07. The fourth-order valence-corrected chi connectivity index (χ4v) is 3.19. The van der Waals surface area contributed by atoms with Gasteiger partial charge in [0, 0.05) is 49.8 Å². The van der Waals surface area contributed by atoms with Gasteiger partial charge in [-0.2, -0.15) is 0 Å². The van der Waals surface area contributed by atoms with Crippen LogP contribution in [-0.4, -0.2) is 51.9 Å². The normalized spacial score (nSPS) is 14.2.